The summed E-state index contributed by atoms with van der Waals surface area (Å²) >= 11 is 0. The van der Waals surface area contributed by atoms with E-state index in [1.165, 1.54) is 12.1 Å². The van der Waals surface area contributed by atoms with Crippen LogP contribution < -0.4 is 10.1 Å². The number of alkyl halides is 3. The molecule has 0 radical (unpaired) electrons. The zero-order valence-corrected chi connectivity index (χ0v) is 20.8. The Morgan fingerprint density at radius 1 is 1.15 bits per heavy atom. The molecule has 0 bridgehead atoms. The van der Waals surface area contributed by atoms with Gasteiger partial charge in [0, 0.05) is 26.2 Å². The van der Waals surface area contributed by atoms with E-state index in [0.717, 1.165) is 18.4 Å². The van der Waals surface area contributed by atoms with Crippen molar-refractivity contribution >= 4 is 24.2 Å². The molecule has 192 valence electrons. The third-order valence-electron chi connectivity index (χ3n) is 6.50. The number of piperazine rings is 1. The van der Waals surface area contributed by atoms with Crippen LogP contribution in [0.25, 0.3) is 0 Å². The van der Waals surface area contributed by atoms with E-state index in [0.29, 0.717) is 51.4 Å². The van der Waals surface area contributed by atoms with E-state index in [2.05, 4.69) is 21.9 Å². The molecular formula is C24H35ClF3N3O3. The number of hydrogen-bond acceptors (Lipinski definition) is 4. The van der Waals surface area contributed by atoms with E-state index in [-0.39, 0.29) is 30.0 Å². The van der Waals surface area contributed by atoms with Gasteiger partial charge in [-0.25, -0.2) is 0 Å². The predicted octanol–water partition coefficient (Wildman–Crippen LogP) is 4.51. The van der Waals surface area contributed by atoms with Gasteiger partial charge in [0.25, 0.3) is 0 Å². The first kappa shape index (κ1) is 28.2. The van der Waals surface area contributed by atoms with Crippen LogP contribution in [0, 0.1) is 5.92 Å². The highest BCUT2D eigenvalue weighted by Crippen LogP contribution is 2.35. The van der Waals surface area contributed by atoms with E-state index in [1.807, 2.05) is 18.7 Å². The van der Waals surface area contributed by atoms with E-state index < -0.39 is 17.9 Å². The molecule has 2 heterocycles. The molecule has 2 fully saturated rings. The molecule has 2 saturated heterocycles. The number of amides is 2. The Morgan fingerprint density at radius 2 is 1.76 bits per heavy atom. The molecule has 1 N–H and O–H groups in total. The van der Waals surface area contributed by atoms with Crippen LogP contribution >= 0.6 is 12.4 Å². The molecular weight excluding hydrogens is 471 g/mol. The number of carbonyl (C=O) groups is 2. The molecule has 0 saturated carbocycles. The number of likely N-dealkylation sites (tertiary alicyclic amines) is 1. The Bertz CT molecular complexity index is 825. The van der Waals surface area contributed by atoms with E-state index in [9.17, 15) is 22.8 Å². The lowest BCUT2D eigenvalue weighted by molar-refractivity contribution is -0.274. The van der Waals surface area contributed by atoms with Crippen molar-refractivity contribution in [1.82, 2.24) is 15.1 Å². The van der Waals surface area contributed by atoms with E-state index in [4.69, 9.17) is 0 Å². The second-order valence-corrected chi connectivity index (χ2v) is 9.50. The van der Waals surface area contributed by atoms with Crippen LogP contribution in [0.15, 0.2) is 24.3 Å². The summed E-state index contributed by atoms with van der Waals surface area (Å²) in [7, 11) is 0. The number of hydrogen-bond donors (Lipinski definition) is 1. The molecule has 1 atom stereocenters. The summed E-state index contributed by atoms with van der Waals surface area (Å²) in [5.74, 6) is 0.0162. The number of benzene rings is 1. The van der Waals surface area contributed by atoms with Crippen molar-refractivity contribution in [2.75, 3.05) is 19.6 Å². The fraction of sp³-hybridized carbons (Fsp3) is 0.667. The molecule has 2 aliphatic rings. The van der Waals surface area contributed by atoms with Crippen molar-refractivity contribution in [1.29, 1.82) is 0 Å². The number of nitrogens with zero attached hydrogens (tertiary/aromatic N) is 2. The molecule has 1 aromatic rings. The minimum absolute atomic E-state index is 0. The van der Waals surface area contributed by atoms with Gasteiger partial charge in [-0.05, 0) is 49.3 Å². The number of piperidine rings is 1. The van der Waals surface area contributed by atoms with Crippen LogP contribution in [0.3, 0.4) is 0 Å². The number of rotatable bonds is 8. The fourth-order valence-corrected chi connectivity index (χ4v) is 4.78. The molecule has 0 aromatic heterocycles. The van der Waals surface area contributed by atoms with Crippen LogP contribution in [0.1, 0.15) is 58.4 Å². The van der Waals surface area contributed by atoms with Crippen LogP contribution in [0.2, 0.25) is 0 Å². The molecule has 3 rings (SSSR count). The van der Waals surface area contributed by atoms with Crippen LogP contribution in [0.5, 0.6) is 5.75 Å². The van der Waals surface area contributed by atoms with Crippen molar-refractivity contribution in [3.63, 3.8) is 0 Å². The maximum Gasteiger partial charge on any atom is 0.573 e. The normalized spacial score (nSPS) is 20.9. The zero-order valence-electron chi connectivity index (χ0n) is 20.0. The summed E-state index contributed by atoms with van der Waals surface area (Å²) < 4.78 is 41.0. The van der Waals surface area contributed by atoms with Gasteiger partial charge in [-0.2, -0.15) is 0 Å². The summed E-state index contributed by atoms with van der Waals surface area (Å²) in [6, 6.07) is 5.39. The quantitative estimate of drug-likeness (QED) is 0.564. The number of halogens is 4. The topological polar surface area (TPSA) is 61.9 Å². The van der Waals surface area contributed by atoms with Gasteiger partial charge >= 0.3 is 6.36 Å². The maximum atomic E-state index is 13.3. The Kier molecular flexibility index (Phi) is 9.65. The molecule has 34 heavy (non-hydrogen) atoms. The van der Waals surface area contributed by atoms with Gasteiger partial charge in [0.1, 0.15) is 17.3 Å². The van der Waals surface area contributed by atoms with Gasteiger partial charge in [0.15, 0.2) is 0 Å². The van der Waals surface area contributed by atoms with Crippen LogP contribution in [-0.2, 0) is 16.1 Å². The lowest BCUT2D eigenvalue weighted by Gasteiger charge is -2.52. The van der Waals surface area contributed by atoms with E-state index in [1.54, 1.807) is 12.1 Å². The molecule has 1 spiro atoms. The molecule has 2 amide bonds. The average Bonchev–Trinajstić information content (AvgIpc) is 2.73. The third kappa shape index (κ3) is 6.78. The van der Waals surface area contributed by atoms with Crippen molar-refractivity contribution < 1.29 is 27.5 Å². The van der Waals surface area contributed by atoms with Gasteiger partial charge in [-0.1, -0.05) is 39.3 Å². The van der Waals surface area contributed by atoms with Crippen molar-refractivity contribution in [2.45, 2.75) is 77.4 Å². The maximum absolute atomic E-state index is 13.3. The second kappa shape index (κ2) is 11.6. The standard InChI is InChI=1S/C24H34F3N3O3.ClH/c1-4-5-12-30-21(31)20(15-17(2)3)28-22(32)23(30)10-13-29(14-11-23)16-18-6-8-19(9-7-18)33-24(25,26)27;/h6-9,17,20H,4-5,10-16H2,1-3H3,(H,28,32);1H/t20-;/m0./s1. The summed E-state index contributed by atoms with van der Waals surface area (Å²) in [4.78, 5) is 30.6. The number of carbonyl (C=O) groups excluding carboxylic acids is 2. The number of nitrogens with one attached hydrogen (secondary N) is 1. The van der Waals surface area contributed by atoms with Crippen molar-refractivity contribution in [3.05, 3.63) is 29.8 Å². The Balaban J connectivity index is 0.00000408. The number of unbranched alkanes of at least 4 members (excludes halogenated alkanes) is 1. The largest absolute Gasteiger partial charge is 0.573 e. The Hall–Kier alpha value is -2.00. The highest BCUT2D eigenvalue weighted by molar-refractivity contribution is 6.00. The monoisotopic (exact) mass is 505 g/mol. The van der Waals surface area contributed by atoms with Gasteiger partial charge in [-0.3, -0.25) is 14.5 Å². The first-order valence-electron chi connectivity index (χ1n) is 11.7. The first-order valence-corrected chi connectivity index (χ1v) is 11.7. The highest BCUT2D eigenvalue weighted by atomic mass is 35.5. The van der Waals surface area contributed by atoms with Gasteiger partial charge < -0.3 is 15.0 Å². The zero-order chi connectivity index (χ0) is 24.2. The summed E-state index contributed by atoms with van der Waals surface area (Å²) in [5, 5.41) is 3.00. The smallest absolute Gasteiger partial charge is 0.406 e. The van der Waals surface area contributed by atoms with Crippen LogP contribution in [-0.4, -0.2) is 59.2 Å². The molecule has 2 aliphatic heterocycles. The molecule has 0 unspecified atom stereocenters. The second-order valence-electron chi connectivity index (χ2n) is 9.50. The predicted molar refractivity (Wildman–Crippen MR) is 126 cm³/mol. The Morgan fingerprint density at radius 3 is 2.29 bits per heavy atom. The highest BCUT2D eigenvalue weighted by Gasteiger charge is 2.53. The van der Waals surface area contributed by atoms with Crippen molar-refractivity contribution in [2.24, 2.45) is 5.92 Å². The fourth-order valence-electron chi connectivity index (χ4n) is 4.78. The summed E-state index contributed by atoms with van der Waals surface area (Å²) in [6.45, 7) is 8.54. The molecule has 1 aromatic carbocycles. The minimum Gasteiger partial charge on any atom is -0.406 e. The SMILES string of the molecule is CCCCN1C(=O)[C@H](CC(C)C)NC(=O)C12CCN(Cc1ccc(OC(F)(F)F)cc1)CC2.Cl. The lowest BCUT2D eigenvalue weighted by Crippen LogP contribution is -2.73. The third-order valence-corrected chi connectivity index (χ3v) is 6.50. The van der Waals surface area contributed by atoms with Crippen LogP contribution in [0.4, 0.5) is 13.2 Å². The van der Waals surface area contributed by atoms with Gasteiger partial charge in [-0.15, -0.1) is 25.6 Å². The molecule has 0 aliphatic carbocycles. The van der Waals surface area contributed by atoms with Gasteiger partial charge in [0.05, 0.1) is 0 Å². The minimum atomic E-state index is -4.71. The molecule has 6 nitrogen and oxygen atoms in total. The van der Waals surface area contributed by atoms with E-state index >= 15 is 0 Å². The van der Waals surface area contributed by atoms with Gasteiger partial charge in [0.2, 0.25) is 11.8 Å². The summed E-state index contributed by atoms with van der Waals surface area (Å²) in [6.07, 6.45) is -1.21. The number of ether oxygens (including phenoxy) is 1. The molecule has 10 heteroatoms. The summed E-state index contributed by atoms with van der Waals surface area (Å²) in [5.41, 5.74) is 0.0465. The van der Waals surface area contributed by atoms with Crippen molar-refractivity contribution in [3.8, 4) is 5.75 Å². The lowest BCUT2D eigenvalue weighted by atomic mass is 9.80. The Labute approximate surface area is 205 Å². The average molecular weight is 506 g/mol. The first-order chi connectivity index (χ1) is 15.5.